The normalized spacial score (nSPS) is 18.6. The molecule has 7 nitrogen and oxygen atoms in total. The van der Waals surface area contributed by atoms with Gasteiger partial charge in [0.1, 0.15) is 11.4 Å². The molecule has 2 N–H and O–H groups in total. The van der Waals surface area contributed by atoms with Crippen molar-refractivity contribution < 1.29 is 18.8 Å². The zero-order valence-electron chi connectivity index (χ0n) is 10.6. The quantitative estimate of drug-likeness (QED) is 0.618. The van der Waals surface area contributed by atoms with Crippen molar-refractivity contribution in [2.75, 3.05) is 26.2 Å². The van der Waals surface area contributed by atoms with Gasteiger partial charge < -0.3 is 15.4 Å². The summed E-state index contributed by atoms with van der Waals surface area (Å²) in [4.78, 5) is 21.9. The summed E-state index contributed by atoms with van der Waals surface area (Å²) in [7, 11) is 0. The average Bonchev–Trinajstić information content (AvgIpc) is 2.45. The first-order valence-corrected chi connectivity index (χ1v) is 6.12. The molecule has 0 spiro atoms. The van der Waals surface area contributed by atoms with Gasteiger partial charge in [-0.15, -0.1) is 0 Å². The van der Waals surface area contributed by atoms with Gasteiger partial charge in [0, 0.05) is 19.6 Å². The van der Waals surface area contributed by atoms with E-state index in [9.17, 15) is 19.3 Å². The zero-order valence-corrected chi connectivity index (χ0v) is 10.6. The number of carbonyl (C=O) groups excluding carboxylic acids is 1. The van der Waals surface area contributed by atoms with Gasteiger partial charge in [0.25, 0.3) is 11.6 Å². The summed E-state index contributed by atoms with van der Waals surface area (Å²) in [5, 5.41) is 16.5. The number of benzene rings is 1. The zero-order chi connectivity index (χ0) is 14.5. The molecule has 1 amide bonds. The largest absolute Gasteiger partial charge is 0.374 e. The van der Waals surface area contributed by atoms with Crippen molar-refractivity contribution in [3.8, 4) is 0 Å². The SMILES string of the molecule is O=C(NCC1CNCCO1)c1ccc(F)cc1[N+](=O)[O-]. The number of amides is 1. The van der Waals surface area contributed by atoms with Crippen molar-refractivity contribution >= 4 is 11.6 Å². The second kappa shape index (κ2) is 6.40. The van der Waals surface area contributed by atoms with Crippen LogP contribution in [0.2, 0.25) is 0 Å². The summed E-state index contributed by atoms with van der Waals surface area (Å²) in [5.74, 6) is -1.38. The maximum Gasteiger partial charge on any atom is 0.285 e. The Bertz CT molecular complexity index is 517. The molecule has 0 aliphatic carbocycles. The van der Waals surface area contributed by atoms with Crippen LogP contribution in [0.1, 0.15) is 10.4 Å². The summed E-state index contributed by atoms with van der Waals surface area (Å²) in [5.41, 5.74) is -0.717. The van der Waals surface area contributed by atoms with Crippen LogP contribution in [0.25, 0.3) is 0 Å². The molecule has 0 radical (unpaired) electrons. The second-order valence-electron chi connectivity index (χ2n) is 4.33. The molecule has 1 aromatic carbocycles. The summed E-state index contributed by atoms with van der Waals surface area (Å²) in [6.45, 7) is 2.15. The molecule has 1 fully saturated rings. The summed E-state index contributed by atoms with van der Waals surface area (Å²) in [6.07, 6.45) is -0.174. The molecule has 108 valence electrons. The molecular weight excluding hydrogens is 269 g/mol. The minimum Gasteiger partial charge on any atom is -0.374 e. The molecule has 8 heteroatoms. The van der Waals surface area contributed by atoms with Gasteiger partial charge in [0.2, 0.25) is 0 Å². The third kappa shape index (κ3) is 3.49. The number of nitrogens with one attached hydrogen (secondary N) is 2. The standard InChI is InChI=1S/C12H14FN3O4/c13-8-1-2-10(11(5-8)16(18)19)12(17)15-7-9-6-14-3-4-20-9/h1-2,5,9,14H,3-4,6-7H2,(H,15,17). The molecule has 1 atom stereocenters. The Morgan fingerprint density at radius 3 is 3.05 bits per heavy atom. The van der Waals surface area contributed by atoms with Crippen LogP contribution < -0.4 is 10.6 Å². The number of ether oxygens (including phenoxy) is 1. The average molecular weight is 283 g/mol. The lowest BCUT2D eigenvalue weighted by Gasteiger charge is -2.23. The molecule has 1 aliphatic heterocycles. The van der Waals surface area contributed by atoms with Crippen molar-refractivity contribution in [3.63, 3.8) is 0 Å². The minimum atomic E-state index is -0.781. The lowest BCUT2D eigenvalue weighted by Crippen LogP contribution is -2.45. The van der Waals surface area contributed by atoms with E-state index in [1.165, 1.54) is 0 Å². The number of morpholine rings is 1. The van der Waals surface area contributed by atoms with Gasteiger partial charge in [0.05, 0.1) is 23.7 Å². The fourth-order valence-corrected chi connectivity index (χ4v) is 1.90. The molecule has 0 saturated carbocycles. The first-order valence-electron chi connectivity index (χ1n) is 6.12. The van der Waals surface area contributed by atoms with E-state index in [2.05, 4.69) is 10.6 Å². The number of nitrogens with zero attached hydrogens (tertiary/aromatic N) is 1. The molecule has 1 heterocycles. The highest BCUT2D eigenvalue weighted by Crippen LogP contribution is 2.19. The van der Waals surface area contributed by atoms with Crippen LogP contribution in [0.3, 0.4) is 0 Å². The van der Waals surface area contributed by atoms with Gasteiger partial charge in [-0.3, -0.25) is 14.9 Å². The molecule has 0 bridgehead atoms. The highest BCUT2D eigenvalue weighted by Gasteiger charge is 2.22. The summed E-state index contributed by atoms with van der Waals surface area (Å²) in [6, 6.07) is 2.84. The summed E-state index contributed by atoms with van der Waals surface area (Å²) < 4.78 is 18.4. The molecule has 20 heavy (non-hydrogen) atoms. The van der Waals surface area contributed by atoms with Crippen LogP contribution in [0, 0.1) is 15.9 Å². The highest BCUT2D eigenvalue weighted by atomic mass is 19.1. The van der Waals surface area contributed by atoms with Crippen molar-refractivity contribution in [2.24, 2.45) is 0 Å². The van der Waals surface area contributed by atoms with E-state index in [-0.39, 0.29) is 18.2 Å². The monoisotopic (exact) mass is 283 g/mol. The Hall–Kier alpha value is -2.06. The van der Waals surface area contributed by atoms with Crippen LogP contribution in [0.4, 0.5) is 10.1 Å². The minimum absolute atomic E-state index is 0.167. The predicted molar refractivity (Wildman–Crippen MR) is 68.0 cm³/mol. The van der Waals surface area contributed by atoms with Gasteiger partial charge in [-0.25, -0.2) is 4.39 Å². The van der Waals surface area contributed by atoms with Crippen molar-refractivity contribution in [2.45, 2.75) is 6.10 Å². The van der Waals surface area contributed by atoms with Crippen molar-refractivity contribution in [1.29, 1.82) is 0 Å². The Morgan fingerprint density at radius 2 is 2.40 bits per heavy atom. The fraction of sp³-hybridized carbons (Fsp3) is 0.417. The molecule has 1 aromatic rings. The van der Waals surface area contributed by atoms with E-state index in [0.717, 1.165) is 24.7 Å². The van der Waals surface area contributed by atoms with E-state index in [4.69, 9.17) is 4.74 Å². The maximum absolute atomic E-state index is 13.0. The third-order valence-corrected chi connectivity index (χ3v) is 2.90. The fourth-order valence-electron chi connectivity index (χ4n) is 1.90. The molecule has 0 aromatic heterocycles. The van der Waals surface area contributed by atoms with Gasteiger partial charge in [0.15, 0.2) is 0 Å². The third-order valence-electron chi connectivity index (χ3n) is 2.90. The number of rotatable bonds is 4. The first-order chi connectivity index (χ1) is 9.58. The van der Waals surface area contributed by atoms with Crippen LogP contribution in [0.5, 0.6) is 0 Å². The molecule has 1 unspecified atom stereocenters. The predicted octanol–water partition coefficient (Wildman–Crippen LogP) is 0.452. The first kappa shape index (κ1) is 14.4. The number of carbonyl (C=O) groups is 1. The molecule has 1 saturated heterocycles. The van der Waals surface area contributed by atoms with E-state index in [1.54, 1.807) is 0 Å². The number of halogens is 1. The van der Waals surface area contributed by atoms with Crippen molar-refractivity contribution in [1.82, 2.24) is 10.6 Å². The van der Waals surface area contributed by atoms with Crippen LogP contribution >= 0.6 is 0 Å². The van der Waals surface area contributed by atoms with Crippen molar-refractivity contribution in [3.05, 3.63) is 39.7 Å². The lowest BCUT2D eigenvalue weighted by atomic mass is 10.1. The Kier molecular flexibility index (Phi) is 4.59. The smallest absolute Gasteiger partial charge is 0.285 e. The van der Waals surface area contributed by atoms with E-state index < -0.39 is 22.3 Å². The van der Waals surface area contributed by atoms with Gasteiger partial charge in [-0.1, -0.05) is 0 Å². The van der Waals surface area contributed by atoms with E-state index in [1.807, 2.05) is 0 Å². The van der Waals surface area contributed by atoms with E-state index in [0.29, 0.717) is 13.2 Å². The topological polar surface area (TPSA) is 93.5 Å². The van der Waals surface area contributed by atoms with Gasteiger partial charge in [-0.2, -0.15) is 0 Å². The highest BCUT2D eigenvalue weighted by molar-refractivity contribution is 5.98. The summed E-state index contributed by atoms with van der Waals surface area (Å²) >= 11 is 0. The van der Waals surface area contributed by atoms with Crippen LogP contribution in [0.15, 0.2) is 18.2 Å². The van der Waals surface area contributed by atoms with Crippen LogP contribution in [-0.2, 0) is 4.74 Å². The lowest BCUT2D eigenvalue weighted by molar-refractivity contribution is -0.385. The van der Waals surface area contributed by atoms with Gasteiger partial charge in [-0.05, 0) is 12.1 Å². The molecule has 2 rings (SSSR count). The molecular formula is C12H14FN3O4. The van der Waals surface area contributed by atoms with Crippen LogP contribution in [-0.4, -0.2) is 43.2 Å². The number of hydrogen-bond acceptors (Lipinski definition) is 5. The Balaban J connectivity index is 2.03. The second-order valence-corrected chi connectivity index (χ2v) is 4.33. The number of nitro groups is 1. The molecule has 1 aliphatic rings. The maximum atomic E-state index is 13.0. The Morgan fingerprint density at radius 1 is 1.60 bits per heavy atom. The van der Waals surface area contributed by atoms with Gasteiger partial charge >= 0.3 is 0 Å². The number of nitro benzene ring substituents is 1. The van der Waals surface area contributed by atoms with E-state index >= 15 is 0 Å². The Labute approximate surface area is 114 Å². The number of hydrogen-bond donors (Lipinski definition) is 2.